The van der Waals surface area contributed by atoms with Crippen molar-refractivity contribution in [2.24, 2.45) is 0 Å². The largest absolute Gasteiger partial charge is 0.379 e. The van der Waals surface area contributed by atoms with Gasteiger partial charge in [0.15, 0.2) is 0 Å². The van der Waals surface area contributed by atoms with Crippen molar-refractivity contribution >= 4 is 11.7 Å². The van der Waals surface area contributed by atoms with E-state index in [4.69, 9.17) is 4.74 Å². The topological polar surface area (TPSA) is 79.4 Å². The zero-order chi connectivity index (χ0) is 18.2. The summed E-state index contributed by atoms with van der Waals surface area (Å²) in [5.74, 6) is -0.0636. The molecule has 1 aromatic heterocycles. The van der Waals surface area contributed by atoms with E-state index in [-0.39, 0.29) is 24.0 Å². The fraction of sp³-hybridized carbons (Fsp3) is 0.389. The maximum Gasteiger partial charge on any atom is 0.270 e. The molecule has 1 saturated heterocycles. The first-order valence-corrected chi connectivity index (χ1v) is 8.60. The molecule has 1 aliphatic heterocycles. The van der Waals surface area contributed by atoms with Crippen LogP contribution in [0, 0.1) is 5.82 Å². The molecule has 1 amide bonds. The van der Waals surface area contributed by atoms with Gasteiger partial charge in [0, 0.05) is 44.4 Å². The summed E-state index contributed by atoms with van der Waals surface area (Å²) in [6.45, 7) is 4.83. The molecule has 1 aromatic carbocycles. The third-order valence-corrected chi connectivity index (χ3v) is 4.13. The van der Waals surface area contributed by atoms with Gasteiger partial charge in [-0.1, -0.05) is 18.2 Å². The number of carbonyl (C=O) groups excluding carboxylic acids is 1. The first-order chi connectivity index (χ1) is 12.7. The Morgan fingerprint density at radius 1 is 1.23 bits per heavy atom. The van der Waals surface area contributed by atoms with Gasteiger partial charge in [0.1, 0.15) is 23.7 Å². The molecular weight excluding hydrogens is 337 g/mol. The van der Waals surface area contributed by atoms with Crippen LogP contribution in [-0.4, -0.2) is 60.2 Å². The maximum atomic E-state index is 13.6. The summed E-state index contributed by atoms with van der Waals surface area (Å²) in [4.78, 5) is 22.6. The second-order valence-corrected chi connectivity index (χ2v) is 5.94. The lowest BCUT2D eigenvalue weighted by molar-refractivity contribution is 0.0383. The highest BCUT2D eigenvalue weighted by Gasteiger charge is 2.12. The lowest BCUT2D eigenvalue weighted by atomic mass is 10.2. The van der Waals surface area contributed by atoms with Gasteiger partial charge in [-0.15, -0.1) is 0 Å². The van der Waals surface area contributed by atoms with Gasteiger partial charge in [0.05, 0.1) is 13.2 Å². The molecule has 1 fully saturated rings. The fourth-order valence-electron chi connectivity index (χ4n) is 2.65. The van der Waals surface area contributed by atoms with Crippen molar-refractivity contribution in [2.75, 3.05) is 44.7 Å². The Balaban J connectivity index is 1.49. The molecule has 0 aliphatic carbocycles. The van der Waals surface area contributed by atoms with E-state index in [1.165, 1.54) is 12.4 Å². The zero-order valence-electron chi connectivity index (χ0n) is 14.4. The van der Waals surface area contributed by atoms with Gasteiger partial charge in [0.25, 0.3) is 5.91 Å². The second kappa shape index (κ2) is 9.21. The van der Waals surface area contributed by atoms with Crippen LogP contribution in [0.15, 0.2) is 36.7 Å². The number of carbonyl (C=O) groups is 1. The average molecular weight is 359 g/mol. The van der Waals surface area contributed by atoms with Crippen molar-refractivity contribution in [2.45, 2.75) is 6.54 Å². The Hall–Kier alpha value is -2.58. The summed E-state index contributed by atoms with van der Waals surface area (Å²) in [6.07, 6.45) is 1.32. The third-order valence-electron chi connectivity index (χ3n) is 4.13. The van der Waals surface area contributed by atoms with Crippen molar-refractivity contribution < 1.29 is 13.9 Å². The number of anilines is 1. The summed E-state index contributed by atoms with van der Waals surface area (Å²) in [6, 6.07) is 8.08. The zero-order valence-corrected chi connectivity index (χ0v) is 14.4. The Morgan fingerprint density at radius 2 is 2.04 bits per heavy atom. The highest BCUT2D eigenvalue weighted by Crippen LogP contribution is 2.10. The standard InChI is InChI=1S/C18H22FN5O2/c19-15-4-2-1-3-14(15)12-21-17-11-16(22-13-23-17)18(25)20-5-6-24-7-9-26-10-8-24/h1-4,11,13H,5-10,12H2,(H,20,25)(H,21,22,23). The molecule has 0 atom stereocenters. The quantitative estimate of drug-likeness (QED) is 0.776. The molecule has 1 aliphatic rings. The number of halogens is 1. The fourth-order valence-corrected chi connectivity index (χ4v) is 2.65. The normalized spacial score (nSPS) is 14.8. The summed E-state index contributed by atoms with van der Waals surface area (Å²) in [7, 11) is 0. The molecule has 0 saturated carbocycles. The Morgan fingerprint density at radius 3 is 2.85 bits per heavy atom. The highest BCUT2D eigenvalue weighted by atomic mass is 19.1. The van der Waals surface area contributed by atoms with Crippen LogP contribution in [0.25, 0.3) is 0 Å². The van der Waals surface area contributed by atoms with E-state index in [1.807, 2.05) is 0 Å². The Kier molecular flexibility index (Phi) is 6.45. The van der Waals surface area contributed by atoms with Gasteiger partial charge < -0.3 is 15.4 Å². The number of benzene rings is 1. The molecule has 7 nitrogen and oxygen atoms in total. The van der Waals surface area contributed by atoms with Crippen molar-refractivity contribution in [1.82, 2.24) is 20.2 Å². The molecule has 3 rings (SSSR count). The van der Waals surface area contributed by atoms with E-state index in [0.717, 1.165) is 32.8 Å². The van der Waals surface area contributed by atoms with Gasteiger partial charge in [-0.2, -0.15) is 0 Å². The van der Waals surface area contributed by atoms with Gasteiger partial charge in [0.2, 0.25) is 0 Å². The minimum absolute atomic E-state index is 0.255. The number of rotatable bonds is 7. The Labute approximate surface area is 151 Å². The summed E-state index contributed by atoms with van der Waals surface area (Å²) < 4.78 is 18.9. The minimum Gasteiger partial charge on any atom is -0.379 e. The van der Waals surface area contributed by atoms with Crippen LogP contribution in [-0.2, 0) is 11.3 Å². The molecule has 8 heteroatoms. The van der Waals surface area contributed by atoms with Crippen molar-refractivity contribution in [3.63, 3.8) is 0 Å². The number of morpholine rings is 1. The number of amides is 1. The number of aromatic nitrogens is 2. The van der Waals surface area contributed by atoms with Crippen LogP contribution >= 0.6 is 0 Å². The first-order valence-electron chi connectivity index (χ1n) is 8.60. The van der Waals surface area contributed by atoms with Crippen LogP contribution < -0.4 is 10.6 Å². The van der Waals surface area contributed by atoms with E-state index in [2.05, 4.69) is 25.5 Å². The van der Waals surface area contributed by atoms with Gasteiger partial charge in [-0.05, 0) is 6.07 Å². The second-order valence-electron chi connectivity index (χ2n) is 5.94. The lowest BCUT2D eigenvalue weighted by Gasteiger charge is -2.26. The van der Waals surface area contributed by atoms with Crippen LogP contribution in [0.5, 0.6) is 0 Å². The number of nitrogens with one attached hydrogen (secondary N) is 2. The number of hydrogen-bond donors (Lipinski definition) is 2. The van der Waals surface area contributed by atoms with Crippen LogP contribution in [0.2, 0.25) is 0 Å². The molecule has 2 heterocycles. The SMILES string of the molecule is O=C(NCCN1CCOCC1)c1cc(NCc2ccccc2F)ncn1. The van der Waals surface area contributed by atoms with Gasteiger partial charge in [-0.25, -0.2) is 14.4 Å². The van der Waals surface area contributed by atoms with E-state index in [9.17, 15) is 9.18 Å². The van der Waals surface area contributed by atoms with E-state index in [0.29, 0.717) is 17.9 Å². The number of ether oxygens (including phenoxy) is 1. The number of hydrogen-bond acceptors (Lipinski definition) is 6. The van der Waals surface area contributed by atoms with Gasteiger partial charge in [-0.3, -0.25) is 9.69 Å². The average Bonchev–Trinajstić information content (AvgIpc) is 2.68. The van der Waals surface area contributed by atoms with E-state index >= 15 is 0 Å². The summed E-state index contributed by atoms with van der Waals surface area (Å²) in [5, 5.41) is 5.87. The maximum absolute atomic E-state index is 13.6. The monoisotopic (exact) mass is 359 g/mol. The summed E-state index contributed by atoms with van der Waals surface area (Å²) >= 11 is 0. The third kappa shape index (κ3) is 5.21. The van der Waals surface area contributed by atoms with Crippen LogP contribution in [0.4, 0.5) is 10.2 Å². The first kappa shape index (κ1) is 18.2. The molecule has 138 valence electrons. The predicted molar refractivity (Wildman–Crippen MR) is 95.4 cm³/mol. The molecule has 26 heavy (non-hydrogen) atoms. The predicted octanol–water partition coefficient (Wildman–Crippen LogP) is 1.29. The molecule has 2 N–H and O–H groups in total. The van der Waals surface area contributed by atoms with E-state index < -0.39 is 0 Å². The van der Waals surface area contributed by atoms with Gasteiger partial charge >= 0.3 is 0 Å². The molecular formula is C18H22FN5O2. The molecule has 0 unspecified atom stereocenters. The minimum atomic E-state index is -0.282. The smallest absolute Gasteiger partial charge is 0.270 e. The number of nitrogens with zero attached hydrogens (tertiary/aromatic N) is 3. The van der Waals surface area contributed by atoms with Crippen LogP contribution in [0.1, 0.15) is 16.1 Å². The Bertz CT molecular complexity index is 737. The van der Waals surface area contributed by atoms with E-state index in [1.54, 1.807) is 24.3 Å². The molecule has 0 spiro atoms. The van der Waals surface area contributed by atoms with Crippen molar-refractivity contribution in [3.05, 3.63) is 53.7 Å². The highest BCUT2D eigenvalue weighted by molar-refractivity contribution is 5.92. The lowest BCUT2D eigenvalue weighted by Crippen LogP contribution is -2.41. The summed E-state index contributed by atoms with van der Waals surface area (Å²) in [5.41, 5.74) is 0.806. The van der Waals surface area contributed by atoms with Crippen molar-refractivity contribution in [3.8, 4) is 0 Å². The molecule has 0 bridgehead atoms. The van der Waals surface area contributed by atoms with Crippen LogP contribution in [0.3, 0.4) is 0 Å². The molecule has 0 radical (unpaired) electrons. The van der Waals surface area contributed by atoms with Crippen molar-refractivity contribution in [1.29, 1.82) is 0 Å². The molecule has 2 aromatic rings.